The Hall–Kier alpha value is -3.16. The van der Waals surface area contributed by atoms with E-state index >= 15 is 0 Å². The van der Waals surface area contributed by atoms with Crippen LogP contribution < -0.4 is 10.1 Å². The number of carbonyl (C=O) groups is 1. The van der Waals surface area contributed by atoms with Crippen molar-refractivity contribution in [1.82, 2.24) is 10.3 Å². The van der Waals surface area contributed by atoms with E-state index in [-0.39, 0.29) is 30.0 Å². The van der Waals surface area contributed by atoms with Gasteiger partial charge >= 0.3 is 6.18 Å². The lowest BCUT2D eigenvalue weighted by molar-refractivity contribution is -0.138. The number of aromatic nitrogens is 1. The highest BCUT2D eigenvalue weighted by atomic mass is 19.4. The highest BCUT2D eigenvalue weighted by molar-refractivity contribution is 6.00. The molecular weight excluding hydrogens is 388 g/mol. The highest BCUT2D eigenvalue weighted by Crippen LogP contribution is 2.39. The third kappa shape index (κ3) is 4.47. The molecule has 1 N–H and O–H groups in total. The zero-order chi connectivity index (χ0) is 21.2. The van der Waals surface area contributed by atoms with Gasteiger partial charge in [0.1, 0.15) is 11.6 Å². The van der Waals surface area contributed by atoms with Gasteiger partial charge in [0.2, 0.25) is 0 Å². The number of ether oxygens (including phenoxy) is 1. The number of nitrogens with one attached hydrogen (secondary N) is 1. The number of nitrogens with zero attached hydrogens (tertiary/aromatic N) is 1. The minimum Gasteiger partial charge on any atom is -0.493 e. The quantitative estimate of drug-likeness (QED) is 0.605. The van der Waals surface area contributed by atoms with Crippen LogP contribution in [0.15, 0.2) is 42.6 Å². The van der Waals surface area contributed by atoms with Gasteiger partial charge in [0.05, 0.1) is 23.3 Å². The van der Waals surface area contributed by atoms with E-state index in [0.29, 0.717) is 16.5 Å². The molecule has 4 nitrogen and oxygen atoms in total. The Morgan fingerprint density at radius 3 is 2.62 bits per heavy atom. The summed E-state index contributed by atoms with van der Waals surface area (Å²) in [6.07, 6.45) is -3.35. The van der Waals surface area contributed by atoms with Crippen molar-refractivity contribution in [2.75, 3.05) is 6.61 Å². The van der Waals surface area contributed by atoms with Gasteiger partial charge in [-0.1, -0.05) is 12.1 Å². The lowest BCUT2D eigenvalue weighted by atomic mass is 10.0. The molecule has 0 spiro atoms. The number of rotatable bonds is 5. The van der Waals surface area contributed by atoms with Crippen LogP contribution >= 0.6 is 0 Å². The summed E-state index contributed by atoms with van der Waals surface area (Å²) in [7, 11) is 0. The summed E-state index contributed by atoms with van der Waals surface area (Å²) >= 11 is 0. The zero-order valence-corrected chi connectivity index (χ0v) is 15.7. The molecule has 1 amide bonds. The molecule has 152 valence electrons. The Kier molecular flexibility index (Phi) is 5.72. The van der Waals surface area contributed by atoms with Crippen LogP contribution in [0.5, 0.6) is 5.75 Å². The fourth-order valence-corrected chi connectivity index (χ4v) is 3.00. The molecule has 1 heterocycles. The molecule has 0 saturated heterocycles. The maximum Gasteiger partial charge on any atom is 0.420 e. The normalized spacial score (nSPS) is 11.5. The molecule has 0 aliphatic carbocycles. The van der Waals surface area contributed by atoms with Crippen molar-refractivity contribution in [2.45, 2.75) is 26.6 Å². The maximum absolute atomic E-state index is 13.3. The van der Waals surface area contributed by atoms with Crippen LogP contribution in [-0.4, -0.2) is 17.5 Å². The summed E-state index contributed by atoms with van der Waals surface area (Å²) in [5.74, 6) is -1.18. The molecule has 1 aromatic heterocycles. The molecule has 0 radical (unpaired) electrons. The van der Waals surface area contributed by atoms with E-state index in [9.17, 15) is 22.4 Å². The second-order valence-electron chi connectivity index (χ2n) is 6.41. The number of benzene rings is 2. The molecule has 29 heavy (non-hydrogen) atoms. The van der Waals surface area contributed by atoms with E-state index in [1.165, 1.54) is 30.5 Å². The molecular formula is C21H18F4N2O2. The molecule has 0 fully saturated rings. The Labute approximate surface area is 164 Å². The predicted octanol–water partition coefficient (Wildman–Crippen LogP) is 5.03. The van der Waals surface area contributed by atoms with Crippen molar-refractivity contribution in [3.63, 3.8) is 0 Å². The van der Waals surface area contributed by atoms with Gasteiger partial charge in [0.25, 0.3) is 5.91 Å². The number of halogens is 4. The molecule has 8 heteroatoms. The Morgan fingerprint density at radius 2 is 1.97 bits per heavy atom. The average molecular weight is 406 g/mol. The van der Waals surface area contributed by atoms with E-state index in [1.807, 2.05) is 0 Å². The number of fused-ring (bicyclic) bond motifs is 1. The highest BCUT2D eigenvalue weighted by Gasteiger charge is 2.35. The molecule has 0 unspecified atom stereocenters. The van der Waals surface area contributed by atoms with E-state index in [0.717, 1.165) is 6.07 Å². The van der Waals surface area contributed by atoms with Gasteiger partial charge in [-0.25, -0.2) is 4.39 Å². The first-order valence-corrected chi connectivity index (χ1v) is 8.86. The van der Waals surface area contributed by atoms with Crippen molar-refractivity contribution >= 4 is 16.8 Å². The monoisotopic (exact) mass is 406 g/mol. The van der Waals surface area contributed by atoms with Crippen LogP contribution in [0.3, 0.4) is 0 Å². The number of amides is 1. The average Bonchev–Trinajstić information content (AvgIpc) is 2.66. The largest absolute Gasteiger partial charge is 0.493 e. The van der Waals surface area contributed by atoms with E-state index < -0.39 is 23.5 Å². The number of aryl methyl sites for hydroxylation is 1. The van der Waals surface area contributed by atoms with Crippen LogP contribution in [-0.2, 0) is 12.7 Å². The SMILES string of the molecule is CCOc1cc2c(C)c(C(=O)NCc3cccc(F)c3)cnc2cc1C(F)(F)F. The molecule has 0 aliphatic heterocycles. The van der Waals surface area contributed by atoms with Gasteiger partial charge in [-0.2, -0.15) is 13.2 Å². The standard InChI is InChI=1S/C21H18F4N2O2/c1-3-29-19-8-15-12(2)16(11-26-18(15)9-17(19)21(23,24)25)20(28)27-10-13-5-4-6-14(22)7-13/h4-9,11H,3,10H2,1-2H3,(H,27,28). The lowest BCUT2D eigenvalue weighted by Crippen LogP contribution is -2.24. The molecule has 3 aromatic rings. The van der Waals surface area contributed by atoms with E-state index in [2.05, 4.69) is 10.3 Å². The zero-order valence-electron chi connectivity index (χ0n) is 15.7. The van der Waals surface area contributed by atoms with Gasteiger partial charge in [-0.3, -0.25) is 9.78 Å². The first kappa shape index (κ1) is 20.6. The Balaban J connectivity index is 1.95. The minimum absolute atomic E-state index is 0.0644. The Bertz CT molecular complexity index is 1060. The summed E-state index contributed by atoms with van der Waals surface area (Å²) in [6.45, 7) is 3.38. The fourth-order valence-electron chi connectivity index (χ4n) is 3.00. The number of alkyl halides is 3. The molecule has 0 bridgehead atoms. The number of carbonyl (C=O) groups excluding carboxylic acids is 1. The summed E-state index contributed by atoms with van der Waals surface area (Å²) < 4.78 is 58.3. The van der Waals surface area contributed by atoms with Crippen molar-refractivity contribution < 1.29 is 27.1 Å². The van der Waals surface area contributed by atoms with Crippen molar-refractivity contribution in [3.8, 4) is 5.75 Å². The van der Waals surface area contributed by atoms with Crippen molar-refractivity contribution in [1.29, 1.82) is 0 Å². The van der Waals surface area contributed by atoms with Gasteiger partial charge in [-0.15, -0.1) is 0 Å². The van der Waals surface area contributed by atoms with Crippen molar-refractivity contribution in [3.05, 3.63) is 70.7 Å². The number of pyridine rings is 1. The molecule has 0 aliphatic rings. The summed E-state index contributed by atoms with van der Waals surface area (Å²) in [6, 6.07) is 7.98. The number of hydrogen-bond acceptors (Lipinski definition) is 3. The summed E-state index contributed by atoms with van der Waals surface area (Å²) in [4.78, 5) is 16.6. The maximum atomic E-state index is 13.3. The Morgan fingerprint density at radius 1 is 1.21 bits per heavy atom. The van der Waals surface area contributed by atoms with Crippen LogP contribution in [0.2, 0.25) is 0 Å². The second-order valence-corrected chi connectivity index (χ2v) is 6.41. The van der Waals surface area contributed by atoms with Gasteiger partial charge in [0.15, 0.2) is 0 Å². The fraction of sp³-hybridized carbons (Fsp3) is 0.238. The molecule has 2 aromatic carbocycles. The van der Waals surface area contributed by atoms with Crippen LogP contribution in [0, 0.1) is 12.7 Å². The molecule has 0 atom stereocenters. The lowest BCUT2D eigenvalue weighted by Gasteiger charge is -2.16. The van der Waals surface area contributed by atoms with Crippen LogP contribution in [0.25, 0.3) is 10.9 Å². The predicted molar refractivity (Wildman–Crippen MR) is 100 cm³/mol. The minimum atomic E-state index is -4.59. The summed E-state index contributed by atoms with van der Waals surface area (Å²) in [5, 5.41) is 3.06. The van der Waals surface area contributed by atoms with Gasteiger partial charge in [-0.05, 0) is 49.2 Å². The molecule has 0 saturated carbocycles. The van der Waals surface area contributed by atoms with Crippen LogP contribution in [0.4, 0.5) is 17.6 Å². The van der Waals surface area contributed by atoms with E-state index in [1.54, 1.807) is 19.9 Å². The third-order valence-corrected chi connectivity index (χ3v) is 4.43. The molecule has 3 rings (SSSR count). The number of hydrogen-bond donors (Lipinski definition) is 1. The summed E-state index contributed by atoms with van der Waals surface area (Å²) in [5.41, 5.74) is 0.470. The first-order valence-electron chi connectivity index (χ1n) is 8.86. The first-order chi connectivity index (χ1) is 13.7. The second kappa shape index (κ2) is 8.06. The van der Waals surface area contributed by atoms with E-state index in [4.69, 9.17) is 4.74 Å². The van der Waals surface area contributed by atoms with Crippen molar-refractivity contribution in [2.24, 2.45) is 0 Å². The third-order valence-electron chi connectivity index (χ3n) is 4.43. The topological polar surface area (TPSA) is 51.2 Å². The van der Waals surface area contributed by atoms with Gasteiger partial charge < -0.3 is 10.1 Å². The smallest absolute Gasteiger partial charge is 0.420 e. The van der Waals surface area contributed by atoms with Gasteiger partial charge in [0, 0.05) is 18.1 Å². The van der Waals surface area contributed by atoms with Crippen LogP contribution in [0.1, 0.15) is 34.0 Å².